The molecule has 2 rings (SSSR count). The lowest BCUT2D eigenvalue weighted by Crippen LogP contribution is -2.38. The molecule has 0 spiro atoms. The molecule has 0 heterocycles. The van der Waals surface area contributed by atoms with Gasteiger partial charge in [-0.25, -0.2) is 0 Å². The fourth-order valence-corrected chi connectivity index (χ4v) is 2.52. The fraction of sp³-hybridized carbons (Fsp3) is 0.350. The molecule has 1 amide bonds. The lowest BCUT2D eigenvalue weighted by atomic mass is 10.1. The number of hydrogen-bond acceptors (Lipinski definition) is 4. The number of carbonyl (C=O) groups is 1. The third kappa shape index (κ3) is 5.56. The van der Waals surface area contributed by atoms with Crippen LogP contribution in [0.5, 0.6) is 17.2 Å². The predicted octanol–water partition coefficient (Wildman–Crippen LogP) is 3.93. The van der Waals surface area contributed by atoms with Gasteiger partial charge in [0.15, 0.2) is 6.10 Å². The fourth-order valence-electron chi connectivity index (χ4n) is 2.41. The van der Waals surface area contributed by atoms with Gasteiger partial charge in [0.05, 0.1) is 13.7 Å². The van der Waals surface area contributed by atoms with E-state index in [9.17, 15) is 4.79 Å². The first-order valence-corrected chi connectivity index (χ1v) is 8.76. The molecule has 5 nitrogen and oxygen atoms in total. The highest BCUT2D eigenvalue weighted by Crippen LogP contribution is 2.26. The van der Waals surface area contributed by atoms with Crippen LogP contribution in [0.25, 0.3) is 0 Å². The van der Waals surface area contributed by atoms with Crippen LogP contribution in [0, 0.1) is 13.8 Å². The second-order valence-electron chi connectivity index (χ2n) is 5.95. The number of halogens is 1. The van der Waals surface area contributed by atoms with Gasteiger partial charge in [0.2, 0.25) is 0 Å². The Bertz CT molecular complexity index is 740. The number of amides is 1. The first-order chi connectivity index (χ1) is 12.4. The molecule has 0 unspecified atom stereocenters. The van der Waals surface area contributed by atoms with Crippen LogP contribution in [-0.2, 0) is 4.79 Å². The van der Waals surface area contributed by atoms with Crippen LogP contribution in [-0.4, -0.2) is 32.3 Å². The van der Waals surface area contributed by atoms with E-state index in [1.165, 1.54) is 0 Å². The van der Waals surface area contributed by atoms with E-state index in [2.05, 4.69) is 5.32 Å². The van der Waals surface area contributed by atoms with Crippen molar-refractivity contribution in [1.29, 1.82) is 0 Å². The molecule has 1 atom stereocenters. The molecule has 0 aliphatic rings. The predicted molar refractivity (Wildman–Crippen MR) is 103 cm³/mol. The van der Waals surface area contributed by atoms with Gasteiger partial charge in [-0.15, -0.1) is 0 Å². The van der Waals surface area contributed by atoms with Gasteiger partial charge >= 0.3 is 0 Å². The van der Waals surface area contributed by atoms with Crippen LogP contribution in [0.3, 0.4) is 0 Å². The molecule has 0 bridgehead atoms. The number of carbonyl (C=O) groups excluding carboxylic acids is 1. The van der Waals surface area contributed by atoms with Crippen molar-refractivity contribution in [2.75, 3.05) is 20.3 Å². The van der Waals surface area contributed by atoms with E-state index < -0.39 is 6.10 Å². The topological polar surface area (TPSA) is 56.8 Å². The highest BCUT2D eigenvalue weighted by Gasteiger charge is 2.15. The number of ether oxygens (including phenoxy) is 3. The second-order valence-corrected chi connectivity index (χ2v) is 6.33. The van der Waals surface area contributed by atoms with Gasteiger partial charge in [-0.1, -0.05) is 17.7 Å². The lowest BCUT2D eigenvalue weighted by molar-refractivity contribution is -0.127. The van der Waals surface area contributed by atoms with E-state index in [4.69, 9.17) is 25.8 Å². The Morgan fingerprint density at radius 3 is 2.42 bits per heavy atom. The van der Waals surface area contributed by atoms with E-state index in [-0.39, 0.29) is 5.91 Å². The second kappa shape index (κ2) is 9.34. The van der Waals surface area contributed by atoms with Gasteiger partial charge < -0.3 is 19.5 Å². The average molecular weight is 378 g/mol. The number of methoxy groups -OCH3 is 1. The number of hydrogen-bond donors (Lipinski definition) is 1. The molecule has 0 saturated carbocycles. The summed E-state index contributed by atoms with van der Waals surface area (Å²) in [5, 5.41) is 3.51. The third-order valence-corrected chi connectivity index (χ3v) is 4.40. The SMILES string of the molecule is COc1cccc(OCCNC(=O)[C@@H](C)Oc2cc(C)c(Cl)c(C)c2)c1. The zero-order valence-electron chi connectivity index (χ0n) is 15.5. The Labute approximate surface area is 159 Å². The normalized spacial score (nSPS) is 11.6. The molecule has 0 radical (unpaired) electrons. The molecule has 0 aliphatic heterocycles. The number of nitrogens with one attached hydrogen (secondary N) is 1. The molecular formula is C20H24ClNO4. The van der Waals surface area contributed by atoms with Crippen molar-refractivity contribution in [3.05, 3.63) is 52.5 Å². The third-order valence-electron chi connectivity index (χ3n) is 3.80. The number of rotatable bonds is 8. The maximum absolute atomic E-state index is 12.2. The van der Waals surface area contributed by atoms with E-state index in [0.29, 0.717) is 29.7 Å². The minimum atomic E-state index is -0.619. The van der Waals surface area contributed by atoms with Crippen molar-refractivity contribution >= 4 is 17.5 Å². The summed E-state index contributed by atoms with van der Waals surface area (Å²) in [6.45, 7) is 6.25. The van der Waals surface area contributed by atoms with Crippen molar-refractivity contribution in [3.63, 3.8) is 0 Å². The van der Waals surface area contributed by atoms with Crippen LogP contribution >= 0.6 is 11.6 Å². The van der Waals surface area contributed by atoms with Gasteiger partial charge in [-0.3, -0.25) is 4.79 Å². The van der Waals surface area contributed by atoms with Crippen molar-refractivity contribution in [2.24, 2.45) is 0 Å². The number of aryl methyl sites for hydroxylation is 2. The molecule has 0 aromatic heterocycles. The van der Waals surface area contributed by atoms with Gasteiger partial charge in [-0.05, 0) is 56.2 Å². The van der Waals surface area contributed by atoms with Gasteiger partial charge in [0, 0.05) is 11.1 Å². The van der Waals surface area contributed by atoms with E-state index in [1.54, 1.807) is 20.1 Å². The van der Waals surface area contributed by atoms with Gasteiger partial charge in [0.1, 0.15) is 23.9 Å². The average Bonchev–Trinajstić information content (AvgIpc) is 2.63. The van der Waals surface area contributed by atoms with Crippen LogP contribution in [0.1, 0.15) is 18.1 Å². The molecular weight excluding hydrogens is 354 g/mol. The van der Waals surface area contributed by atoms with Gasteiger partial charge in [-0.2, -0.15) is 0 Å². The maximum Gasteiger partial charge on any atom is 0.260 e. The molecule has 140 valence electrons. The molecule has 1 N–H and O–H groups in total. The molecule has 0 fully saturated rings. The summed E-state index contributed by atoms with van der Waals surface area (Å²) in [5.41, 5.74) is 1.84. The van der Waals surface area contributed by atoms with Crippen LogP contribution < -0.4 is 19.5 Å². The Morgan fingerprint density at radius 2 is 1.77 bits per heavy atom. The number of benzene rings is 2. The Kier molecular flexibility index (Phi) is 7.16. The summed E-state index contributed by atoms with van der Waals surface area (Å²) in [6.07, 6.45) is -0.619. The van der Waals surface area contributed by atoms with Crippen LogP contribution in [0.2, 0.25) is 5.02 Å². The highest BCUT2D eigenvalue weighted by molar-refractivity contribution is 6.32. The summed E-state index contributed by atoms with van der Waals surface area (Å²) in [6, 6.07) is 11.0. The Balaban J connectivity index is 1.78. The minimum absolute atomic E-state index is 0.204. The minimum Gasteiger partial charge on any atom is -0.497 e. The molecule has 2 aromatic rings. The summed E-state index contributed by atoms with van der Waals surface area (Å²) in [4.78, 5) is 12.2. The van der Waals surface area contributed by atoms with E-state index in [1.807, 2.05) is 44.2 Å². The summed E-state index contributed by atoms with van der Waals surface area (Å²) < 4.78 is 16.4. The standard InChI is InChI=1S/C20H24ClNO4/c1-13-10-18(11-14(2)19(13)21)26-15(3)20(23)22-8-9-25-17-7-5-6-16(12-17)24-4/h5-7,10-12,15H,8-9H2,1-4H3,(H,22,23)/t15-/m1/s1. The first-order valence-electron chi connectivity index (χ1n) is 8.38. The summed E-state index contributed by atoms with van der Waals surface area (Å²) in [5.74, 6) is 1.83. The summed E-state index contributed by atoms with van der Waals surface area (Å²) >= 11 is 6.15. The maximum atomic E-state index is 12.2. The van der Waals surface area contributed by atoms with Crippen molar-refractivity contribution in [3.8, 4) is 17.2 Å². The molecule has 0 saturated heterocycles. The van der Waals surface area contributed by atoms with Crippen molar-refractivity contribution in [2.45, 2.75) is 26.9 Å². The van der Waals surface area contributed by atoms with Gasteiger partial charge in [0.25, 0.3) is 5.91 Å². The molecule has 0 aliphatic carbocycles. The zero-order chi connectivity index (χ0) is 19.1. The van der Waals surface area contributed by atoms with Crippen LogP contribution in [0.4, 0.5) is 0 Å². The molecule has 2 aromatic carbocycles. The molecule has 6 heteroatoms. The smallest absolute Gasteiger partial charge is 0.260 e. The largest absolute Gasteiger partial charge is 0.497 e. The Morgan fingerprint density at radius 1 is 1.12 bits per heavy atom. The Hall–Kier alpha value is -2.40. The quantitative estimate of drug-likeness (QED) is 0.708. The monoisotopic (exact) mass is 377 g/mol. The van der Waals surface area contributed by atoms with Crippen molar-refractivity contribution < 1.29 is 19.0 Å². The molecule has 26 heavy (non-hydrogen) atoms. The zero-order valence-corrected chi connectivity index (χ0v) is 16.2. The van der Waals surface area contributed by atoms with E-state index in [0.717, 1.165) is 16.9 Å². The summed E-state index contributed by atoms with van der Waals surface area (Å²) in [7, 11) is 1.60. The van der Waals surface area contributed by atoms with Crippen molar-refractivity contribution in [1.82, 2.24) is 5.32 Å². The first kappa shape index (κ1) is 19.9. The highest BCUT2D eigenvalue weighted by atomic mass is 35.5. The van der Waals surface area contributed by atoms with E-state index >= 15 is 0 Å². The lowest BCUT2D eigenvalue weighted by Gasteiger charge is -2.16. The van der Waals surface area contributed by atoms with Crippen LogP contribution in [0.15, 0.2) is 36.4 Å².